The van der Waals surface area contributed by atoms with Crippen molar-refractivity contribution in [3.63, 3.8) is 0 Å². The van der Waals surface area contributed by atoms with Crippen molar-refractivity contribution < 1.29 is 14.3 Å². The number of halogens is 1. The zero-order valence-electron chi connectivity index (χ0n) is 10.5. The quantitative estimate of drug-likeness (QED) is 0.894. The van der Waals surface area contributed by atoms with Gasteiger partial charge in [0.15, 0.2) is 0 Å². The van der Waals surface area contributed by atoms with Crippen LogP contribution in [0, 0.1) is 11.7 Å². The summed E-state index contributed by atoms with van der Waals surface area (Å²) in [7, 11) is 0. The van der Waals surface area contributed by atoms with E-state index < -0.39 is 11.8 Å². The number of carboxylic acids is 1. The van der Waals surface area contributed by atoms with Gasteiger partial charge < -0.3 is 5.11 Å². The molecule has 1 aliphatic rings. The molecule has 1 N–H and O–H groups in total. The smallest absolute Gasteiger partial charge is 0.335 e. The summed E-state index contributed by atoms with van der Waals surface area (Å²) in [6.45, 7) is 4.76. The minimum absolute atomic E-state index is 0.00380. The zero-order valence-corrected chi connectivity index (χ0v) is 10.5. The Morgan fingerprint density at radius 3 is 2.89 bits per heavy atom. The van der Waals surface area contributed by atoms with Crippen molar-refractivity contribution >= 4 is 5.97 Å². The standard InChI is InChI=1S/C14H18FNO2/c1-2-10-5-6-16(8-10)9-12-4-3-11(14(17)18)7-13(12)15/h3-4,7,10H,2,5-6,8-9H2,1H3,(H,17,18). The summed E-state index contributed by atoms with van der Waals surface area (Å²) in [5.41, 5.74) is 0.584. The molecule has 2 rings (SSSR count). The third-order valence-electron chi connectivity index (χ3n) is 3.64. The number of hydrogen-bond acceptors (Lipinski definition) is 2. The minimum atomic E-state index is -1.09. The molecule has 1 aromatic carbocycles. The van der Waals surface area contributed by atoms with E-state index in [2.05, 4.69) is 11.8 Å². The summed E-state index contributed by atoms with van der Waals surface area (Å²) >= 11 is 0. The van der Waals surface area contributed by atoms with Gasteiger partial charge in [-0.25, -0.2) is 9.18 Å². The van der Waals surface area contributed by atoms with Gasteiger partial charge in [0, 0.05) is 18.7 Å². The fourth-order valence-electron chi connectivity index (χ4n) is 2.44. The maximum Gasteiger partial charge on any atom is 0.335 e. The molecule has 0 amide bonds. The average Bonchev–Trinajstić information content (AvgIpc) is 2.79. The first-order chi connectivity index (χ1) is 8.60. The number of carbonyl (C=O) groups is 1. The van der Waals surface area contributed by atoms with Crippen LogP contribution in [0.3, 0.4) is 0 Å². The molecule has 0 spiro atoms. The lowest BCUT2D eigenvalue weighted by Gasteiger charge is -2.16. The lowest BCUT2D eigenvalue weighted by atomic mass is 10.1. The summed E-state index contributed by atoms with van der Waals surface area (Å²) < 4.78 is 13.8. The SMILES string of the molecule is CCC1CCN(Cc2ccc(C(=O)O)cc2F)C1. The summed E-state index contributed by atoms with van der Waals surface area (Å²) in [6.07, 6.45) is 2.34. The van der Waals surface area contributed by atoms with Crippen LogP contribution >= 0.6 is 0 Å². The van der Waals surface area contributed by atoms with Crippen LogP contribution in [-0.2, 0) is 6.54 Å². The lowest BCUT2D eigenvalue weighted by molar-refractivity contribution is 0.0696. The van der Waals surface area contributed by atoms with E-state index in [-0.39, 0.29) is 5.56 Å². The summed E-state index contributed by atoms with van der Waals surface area (Å²) in [5, 5.41) is 8.77. The molecule has 1 atom stereocenters. The van der Waals surface area contributed by atoms with Crippen molar-refractivity contribution in [2.45, 2.75) is 26.3 Å². The zero-order chi connectivity index (χ0) is 13.1. The summed E-state index contributed by atoms with van der Waals surface area (Å²) in [5.74, 6) is -0.797. The van der Waals surface area contributed by atoms with Gasteiger partial charge in [0.1, 0.15) is 5.82 Å². The average molecular weight is 251 g/mol. The molecule has 1 aliphatic heterocycles. The Kier molecular flexibility index (Phi) is 3.97. The van der Waals surface area contributed by atoms with E-state index in [1.165, 1.54) is 12.5 Å². The molecule has 1 unspecified atom stereocenters. The number of aromatic carboxylic acids is 1. The normalized spacial score (nSPS) is 20.2. The highest BCUT2D eigenvalue weighted by Crippen LogP contribution is 2.22. The topological polar surface area (TPSA) is 40.5 Å². The molecular weight excluding hydrogens is 233 g/mol. The first-order valence-electron chi connectivity index (χ1n) is 6.34. The van der Waals surface area contributed by atoms with Gasteiger partial charge in [-0.3, -0.25) is 4.90 Å². The van der Waals surface area contributed by atoms with Gasteiger partial charge >= 0.3 is 5.97 Å². The van der Waals surface area contributed by atoms with Gasteiger partial charge in [-0.2, -0.15) is 0 Å². The van der Waals surface area contributed by atoms with Gasteiger partial charge in [0.05, 0.1) is 5.56 Å². The predicted octanol–water partition coefficient (Wildman–Crippen LogP) is 2.76. The van der Waals surface area contributed by atoms with Gasteiger partial charge in [0.2, 0.25) is 0 Å². The molecule has 1 aromatic rings. The Bertz CT molecular complexity index is 447. The van der Waals surface area contributed by atoms with Gasteiger partial charge in [-0.15, -0.1) is 0 Å². The van der Waals surface area contributed by atoms with E-state index >= 15 is 0 Å². The van der Waals surface area contributed by atoms with Crippen LogP contribution in [-0.4, -0.2) is 29.1 Å². The van der Waals surface area contributed by atoms with Gasteiger partial charge in [0.25, 0.3) is 0 Å². The highest BCUT2D eigenvalue weighted by atomic mass is 19.1. The summed E-state index contributed by atoms with van der Waals surface area (Å²) in [4.78, 5) is 12.9. The van der Waals surface area contributed by atoms with Crippen LogP contribution in [0.1, 0.15) is 35.7 Å². The maximum absolute atomic E-state index is 13.8. The number of likely N-dealkylation sites (tertiary alicyclic amines) is 1. The largest absolute Gasteiger partial charge is 0.478 e. The molecule has 1 heterocycles. The van der Waals surface area contributed by atoms with Crippen molar-refractivity contribution in [3.8, 4) is 0 Å². The number of rotatable bonds is 4. The van der Waals surface area contributed by atoms with E-state index in [9.17, 15) is 9.18 Å². The van der Waals surface area contributed by atoms with Crippen LogP contribution in [0.2, 0.25) is 0 Å². The van der Waals surface area contributed by atoms with Crippen LogP contribution < -0.4 is 0 Å². The van der Waals surface area contributed by atoms with Gasteiger partial charge in [-0.1, -0.05) is 19.4 Å². The molecule has 4 heteroatoms. The highest BCUT2D eigenvalue weighted by molar-refractivity contribution is 5.87. The molecule has 0 radical (unpaired) electrons. The Morgan fingerprint density at radius 1 is 1.56 bits per heavy atom. The van der Waals surface area contributed by atoms with Crippen molar-refractivity contribution in [2.75, 3.05) is 13.1 Å². The number of nitrogens with zero attached hydrogens (tertiary/aromatic N) is 1. The lowest BCUT2D eigenvalue weighted by Crippen LogP contribution is -2.20. The molecule has 0 saturated carbocycles. The van der Waals surface area contributed by atoms with Crippen LogP contribution in [0.15, 0.2) is 18.2 Å². The molecule has 1 fully saturated rings. The van der Waals surface area contributed by atoms with E-state index in [1.54, 1.807) is 6.07 Å². The highest BCUT2D eigenvalue weighted by Gasteiger charge is 2.21. The monoisotopic (exact) mass is 251 g/mol. The second-order valence-electron chi connectivity index (χ2n) is 4.91. The number of hydrogen-bond donors (Lipinski definition) is 1. The fourth-order valence-corrected chi connectivity index (χ4v) is 2.44. The summed E-state index contributed by atoms with van der Waals surface area (Å²) in [6, 6.07) is 4.15. The van der Waals surface area contributed by atoms with E-state index in [0.717, 1.165) is 25.6 Å². The second kappa shape index (κ2) is 5.48. The Balaban J connectivity index is 2.04. The second-order valence-corrected chi connectivity index (χ2v) is 4.91. The van der Waals surface area contributed by atoms with Gasteiger partial charge in [-0.05, 0) is 31.0 Å². The molecule has 18 heavy (non-hydrogen) atoms. The van der Waals surface area contributed by atoms with Crippen molar-refractivity contribution in [2.24, 2.45) is 5.92 Å². The molecule has 0 bridgehead atoms. The van der Waals surface area contributed by atoms with Crippen molar-refractivity contribution in [1.82, 2.24) is 4.90 Å². The maximum atomic E-state index is 13.8. The third-order valence-corrected chi connectivity index (χ3v) is 3.64. The fraction of sp³-hybridized carbons (Fsp3) is 0.500. The van der Waals surface area contributed by atoms with E-state index in [0.29, 0.717) is 18.0 Å². The molecule has 3 nitrogen and oxygen atoms in total. The van der Waals surface area contributed by atoms with Crippen LogP contribution in [0.5, 0.6) is 0 Å². The Labute approximate surface area is 106 Å². The molecule has 98 valence electrons. The Hall–Kier alpha value is -1.42. The first-order valence-corrected chi connectivity index (χ1v) is 6.34. The number of carboxylic acid groups (broad SMARTS) is 1. The first kappa shape index (κ1) is 13.0. The molecule has 0 aliphatic carbocycles. The van der Waals surface area contributed by atoms with Crippen molar-refractivity contribution in [1.29, 1.82) is 0 Å². The molecule has 1 saturated heterocycles. The minimum Gasteiger partial charge on any atom is -0.478 e. The third kappa shape index (κ3) is 2.88. The van der Waals surface area contributed by atoms with Crippen LogP contribution in [0.4, 0.5) is 4.39 Å². The van der Waals surface area contributed by atoms with Crippen molar-refractivity contribution in [3.05, 3.63) is 35.1 Å². The van der Waals surface area contributed by atoms with Crippen LogP contribution in [0.25, 0.3) is 0 Å². The molecular formula is C14H18FNO2. The molecule has 0 aromatic heterocycles. The van der Waals surface area contributed by atoms with E-state index in [4.69, 9.17) is 5.11 Å². The Morgan fingerprint density at radius 2 is 2.33 bits per heavy atom. The van der Waals surface area contributed by atoms with E-state index in [1.807, 2.05) is 0 Å². The number of benzene rings is 1. The predicted molar refractivity (Wildman–Crippen MR) is 67.0 cm³/mol.